The minimum absolute atomic E-state index is 0.644. The molecule has 1 unspecified atom stereocenters. The van der Waals surface area contributed by atoms with Gasteiger partial charge in [0.1, 0.15) is 0 Å². The zero-order valence-corrected chi connectivity index (χ0v) is 7.99. The van der Waals surface area contributed by atoms with Gasteiger partial charge in [-0.2, -0.15) is 11.8 Å². The summed E-state index contributed by atoms with van der Waals surface area (Å²) in [6.45, 7) is 2.97. The molecule has 1 nitrogen and oxygen atoms in total. The lowest BCUT2D eigenvalue weighted by atomic mass is 10.2. The number of terminal acetylenes is 1. The van der Waals surface area contributed by atoms with Gasteiger partial charge in [0.05, 0.1) is 0 Å². The summed E-state index contributed by atoms with van der Waals surface area (Å²) in [4.78, 5) is 0. The lowest BCUT2D eigenvalue weighted by Gasteiger charge is -2.06. The zero-order valence-electron chi connectivity index (χ0n) is 7.18. The summed E-state index contributed by atoms with van der Waals surface area (Å²) < 4.78 is 0. The molecular formula is C9H17NS. The third-order valence-electron chi connectivity index (χ3n) is 1.41. The van der Waals surface area contributed by atoms with Crippen molar-refractivity contribution in [2.45, 2.75) is 19.8 Å². The minimum atomic E-state index is 0.644. The molecule has 0 heterocycles. The topological polar surface area (TPSA) is 26.0 Å². The summed E-state index contributed by atoms with van der Waals surface area (Å²) in [7, 11) is 0. The van der Waals surface area contributed by atoms with E-state index in [1.165, 1.54) is 11.5 Å². The quantitative estimate of drug-likeness (QED) is 0.486. The van der Waals surface area contributed by atoms with Crippen molar-refractivity contribution in [3.63, 3.8) is 0 Å². The average Bonchev–Trinajstić information content (AvgIpc) is 2.04. The molecule has 64 valence electrons. The zero-order chi connectivity index (χ0) is 8.53. The monoisotopic (exact) mass is 171 g/mol. The molecule has 0 amide bonds. The maximum absolute atomic E-state index is 5.47. The Bertz CT molecular complexity index is 117. The van der Waals surface area contributed by atoms with Crippen molar-refractivity contribution < 1.29 is 0 Å². The van der Waals surface area contributed by atoms with E-state index in [2.05, 4.69) is 12.8 Å². The van der Waals surface area contributed by atoms with E-state index in [4.69, 9.17) is 12.2 Å². The van der Waals surface area contributed by atoms with Gasteiger partial charge in [-0.25, -0.2) is 0 Å². The highest BCUT2D eigenvalue weighted by molar-refractivity contribution is 7.99. The third kappa shape index (κ3) is 7.77. The second kappa shape index (κ2) is 7.97. The predicted octanol–water partition coefficient (Wildman–Crippen LogP) is 1.73. The van der Waals surface area contributed by atoms with Crippen molar-refractivity contribution >= 4 is 11.8 Å². The molecule has 0 aromatic carbocycles. The van der Waals surface area contributed by atoms with Gasteiger partial charge in [-0.15, -0.1) is 12.3 Å². The fourth-order valence-electron chi connectivity index (χ4n) is 0.629. The molecule has 0 spiro atoms. The van der Waals surface area contributed by atoms with Crippen molar-refractivity contribution in [3.05, 3.63) is 0 Å². The number of nitrogens with two attached hydrogens (primary N) is 1. The normalized spacial score (nSPS) is 12.5. The SMILES string of the molecule is C#CCCCSCC(C)CN. The van der Waals surface area contributed by atoms with Crippen LogP contribution < -0.4 is 5.73 Å². The highest BCUT2D eigenvalue weighted by Crippen LogP contribution is 2.08. The van der Waals surface area contributed by atoms with Crippen LogP contribution in [-0.4, -0.2) is 18.1 Å². The second-order valence-corrected chi connectivity index (χ2v) is 3.87. The van der Waals surface area contributed by atoms with Gasteiger partial charge >= 0.3 is 0 Å². The number of hydrogen-bond acceptors (Lipinski definition) is 2. The highest BCUT2D eigenvalue weighted by Gasteiger charge is 1.97. The number of unbranched alkanes of at least 4 members (excludes halogenated alkanes) is 1. The first-order valence-electron chi connectivity index (χ1n) is 4.02. The van der Waals surface area contributed by atoms with Gasteiger partial charge in [-0.05, 0) is 30.4 Å². The van der Waals surface area contributed by atoms with E-state index in [0.717, 1.165) is 19.4 Å². The van der Waals surface area contributed by atoms with E-state index >= 15 is 0 Å². The summed E-state index contributed by atoms with van der Waals surface area (Å²) in [5, 5.41) is 0. The Hall–Kier alpha value is -0.130. The predicted molar refractivity (Wildman–Crippen MR) is 53.6 cm³/mol. The molecule has 0 aromatic heterocycles. The van der Waals surface area contributed by atoms with Crippen LogP contribution in [0.2, 0.25) is 0 Å². The standard InChI is InChI=1S/C9H17NS/c1-3-4-5-6-11-8-9(2)7-10/h1,9H,4-8,10H2,2H3. The third-order valence-corrected chi connectivity index (χ3v) is 2.80. The number of thioether (sulfide) groups is 1. The van der Waals surface area contributed by atoms with Crippen LogP contribution in [0, 0.1) is 18.3 Å². The summed E-state index contributed by atoms with van der Waals surface area (Å²) in [5.74, 6) is 5.62. The Morgan fingerprint density at radius 3 is 2.91 bits per heavy atom. The van der Waals surface area contributed by atoms with Gasteiger partial charge in [0.25, 0.3) is 0 Å². The Labute approximate surface area is 74.1 Å². The molecule has 0 aliphatic carbocycles. The molecule has 0 radical (unpaired) electrons. The minimum Gasteiger partial charge on any atom is -0.330 e. The van der Waals surface area contributed by atoms with E-state index in [1.807, 2.05) is 11.8 Å². The van der Waals surface area contributed by atoms with Gasteiger partial charge < -0.3 is 5.73 Å². The second-order valence-electron chi connectivity index (χ2n) is 2.72. The summed E-state index contributed by atoms with van der Waals surface area (Å²) in [5.41, 5.74) is 5.47. The summed E-state index contributed by atoms with van der Waals surface area (Å²) in [6, 6.07) is 0. The van der Waals surface area contributed by atoms with Gasteiger partial charge in [0.2, 0.25) is 0 Å². The van der Waals surface area contributed by atoms with E-state index < -0.39 is 0 Å². The Balaban J connectivity index is 2.97. The number of hydrogen-bond donors (Lipinski definition) is 1. The van der Waals surface area contributed by atoms with E-state index in [0.29, 0.717) is 5.92 Å². The fraction of sp³-hybridized carbons (Fsp3) is 0.778. The molecule has 0 rings (SSSR count). The average molecular weight is 171 g/mol. The van der Waals surface area contributed by atoms with Crippen LogP contribution in [0.1, 0.15) is 19.8 Å². The summed E-state index contributed by atoms with van der Waals surface area (Å²) >= 11 is 1.95. The van der Waals surface area contributed by atoms with E-state index in [9.17, 15) is 0 Å². The molecule has 0 aromatic rings. The van der Waals surface area contributed by atoms with Crippen LogP contribution >= 0.6 is 11.8 Å². The maximum Gasteiger partial charge on any atom is 0.00939 e. The first-order valence-corrected chi connectivity index (χ1v) is 5.18. The van der Waals surface area contributed by atoms with Gasteiger partial charge in [-0.1, -0.05) is 6.92 Å². The molecule has 2 N–H and O–H groups in total. The van der Waals surface area contributed by atoms with Crippen molar-refractivity contribution in [2.24, 2.45) is 11.7 Å². The molecular weight excluding hydrogens is 154 g/mol. The van der Waals surface area contributed by atoms with Gasteiger partial charge in [0.15, 0.2) is 0 Å². The van der Waals surface area contributed by atoms with Crippen LogP contribution in [-0.2, 0) is 0 Å². The molecule has 0 fully saturated rings. The van der Waals surface area contributed by atoms with Crippen LogP contribution in [0.4, 0.5) is 0 Å². The lowest BCUT2D eigenvalue weighted by Crippen LogP contribution is -2.12. The molecule has 2 heteroatoms. The van der Waals surface area contributed by atoms with Crippen molar-refractivity contribution in [2.75, 3.05) is 18.1 Å². The Morgan fingerprint density at radius 2 is 2.36 bits per heavy atom. The Morgan fingerprint density at radius 1 is 1.64 bits per heavy atom. The van der Waals surface area contributed by atoms with Gasteiger partial charge in [-0.3, -0.25) is 0 Å². The molecule has 11 heavy (non-hydrogen) atoms. The largest absolute Gasteiger partial charge is 0.330 e. The molecule has 0 aliphatic rings. The van der Waals surface area contributed by atoms with Crippen molar-refractivity contribution in [3.8, 4) is 12.3 Å². The van der Waals surface area contributed by atoms with Crippen molar-refractivity contribution in [1.29, 1.82) is 0 Å². The van der Waals surface area contributed by atoms with E-state index in [-0.39, 0.29) is 0 Å². The van der Waals surface area contributed by atoms with Crippen LogP contribution in [0.25, 0.3) is 0 Å². The Kier molecular flexibility index (Phi) is 7.88. The smallest absolute Gasteiger partial charge is 0.00939 e. The fourth-order valence-corrected chi connectivity index (χ4v) is 1.68. The molecule has 1 atom stereocenters. The first kappa shape index (κ1) is 10.9. The van der Waals surface area contributed by atoms with Gasteiger partial charge in [0, 0.05) is 6.42 Å². The molecule has 0 aliphatic heterocycles. The maximum atomic E-state index is 5.47. The molecule has 0 bridgehead atoms. The number of rotatable bonds is 6. The van der Waals surface area contributed by atoms with Crippen LogP contribution in [0.5, 0.6) is 0 Å². The molecule has 0 saturated heterocycles. The van der Waals surface area contributed by atoms with Crippen molar-refractivity contribution in [1.82, 2.24) is 0 Å². The van der Waals surface area contributed by atoms with E-state index in [1.54, 1.807) is 0 Å². The highest BCUT2D eigenvalue weighted by atomic mass is 32.2. The van der Waals surface area contributed by atoms with Crippen LogP contribution in [0.15, 0.2) is 0 Å². The first-order chi connectivity index (χ1) is 5.31. The molecule has 0 saturated carbocycles. The van der Waals surface area contributed by atoms with Crippen LogP contribution in [0.3, 0.4) is 0 Å². The summed E-state index contributed by atoms with van der Waals surface area (Å²) in [6.07, 6.45) is 7.16. The lowest BCUT2D eigenvalue weighted by molar-refractivity contribution is 0.675.